The highest BCUT2D eigenvalue weighted by Crippen LogP contribution is 2.29. The lowest BCUT2D eigenvalue weighted by molar-refractivity contribution is 0.0398. The molecule has 2 aromatic heterocycles. The maximum atomic E-state index is 5.44. The summed E-state index contributed by atoms with van der Waals surface area (Å²) in [5.41, 5.74) is 4.11. The zero-order valence-electron chi connectivity index (χ0n) is 17.0. The number of rotatable bonds is 5. The van der Waals surface area contributed by atoms with Crippen molar-refractivity contribution in [1.82, 2.24) is 19.5 Å². The molecule has 0 saturated carbocycles. The lowest BCUT2D eigenvalue weighted by atomic mass is 9.92. The molecule has 1 aliphatic heterocycles. The fourth-order valence-corrected chi connectivity index (χ4v) is 3.46. The van der Waals surface area contributed by atoms with Crippen LogP contribution in [0.25, 0.3) is 16.8 Å². The van der Waals surface area contributed by atoms with Gasteiger partial charge < -0.3 is 10.1 Å². The molecular weight excluding hydrogens is 350 g/mol. The van der Waals surface area contributed by atoms with Gasteiger partial charge >= 0.3 is 0 Å². The van der Waals surface area contributed by atoms with Gasteiger partial charge in [-0.25, -0.2) is 4.98 Å². The van der Waals surface area contributed by atoms with Crippen LogP contribution in [-0.4, -0.2) is 58.9 Å². The molecule has 0 unspecified atom stereocenters. The van der Waals surface area contributed by atoms with E-state index in [-0.39, 0.29) is 5.41 Å². The van der Waals surface area contributed by atoms with Crippen molar-refractivity contribution in [2.24, 2.45) is 0 Å². The molecule has 1 aromatic carbocycles. The number of hydrogen-bond donors (Lipinski definition) is 1. The predicted molar refractivity (Wildman–Crippen MR) is 113 cm³/mol. The number of nitrogens with zero attached hydrogens (tertiary/aromatic N) is 4. The fourth-order valence-electron chi connectivity index (χ4n) is 3.46. The number of benzene rings is 1. The van der Waals surface area contributed by atoms with Crippen molar-refractivity contribution in [3.05, 3.63) is 48.3 Å². The Morgan fingerprint density at radius 1 is 1.11 bits per heavy atom. The number of anilines is 1. The summed E-state index contributed by atoms with van der Waals surface area (Å²) < 4.78 is 7.36. The molecule has 1 N–H and O–H groups in total. The number of fused-ring (bicyclic) bond motifs is 1. The van der Waals surface area contributed by atoms with Crippen LogP contribution >= 0.6 is 0 Å². The number of morpholine rings is 1. The van der Waals surface area contributed by atoms with Gasteiger partial charge in [0.25, 0.3) is 0 Å². The Morgan fingerprint density at radius 3 is 2.57 bits per heavy atom. The van der Waals surface area contributed by atoms with Gasteiger partial charge in [-0.3, -0.25) is 4.90 Å². The molecule has 0 spiro atoms. The number of aromatic nitrogens is 3. The van der Waals surface area contributed by atoms with Crippen LogP contribution < -0.4 is 5.32 Å². The van der Waals surface area contributed by atoms with Crippen molar-refractivity contribution >= 4 is 11.5 Å². The Hall–Kier alpha value is -2.44. The summed E-state index contributed by atoms with van der Waals surface area (Å²) in [5.74, 6) is 0.991. The maximum Gasteiger partial charge on any atom is 0.165 e. The summed E-state index contributed by atoms with van der Waals surface area (Å²) in [4.78, 5) is 7.40. The SMILES string of the molecule is CC(C)(C)c1cc(NCCN2CCOCC2)n2ncc(-c3ccccc3)c2n1. The van der Waals surface area contributed by atoms with Crippen LogP contribution in [0.2, 0.25) is 0 Å². The van der Waals surface area contributed by atoms with Crippen molar-refractivity contribution in [2.45, 2.75) is 26.2 Å². The van der Waals surface area contributed by atoms with E-state index in [9.17, 15) is 0 Å². The van der Waals surface area contributed by atoms with E-state index >= 15 is 0 Å². The molecule has 0 atom stereocenters. The summed E-state index contributed by atoms with van der Waals surface area (Å²) >= 11 is 0. The van der Waals surface area contributed by atoms with Crippen LogP contribution in [-0.2, 0) is 10.2 Å². The normalized spacial score (nSPS) is 15.8. The first-order valence-electron chi connectivity index (χ1n) is 10.0. The van der Waals surface area contributed by atoms with Crippen LogP contribution in [0.4, 0.5) is 5.82 Å². The van der Waals surface area contributed by atoms with E-state index in [1.165, 1.54) is 0 Å². The second kappa shape index (κ2) is 7.89. The summed E-state index contributed by atoms with van der Waals surface area (Å²) in [6.07, 6.45) is 1.91. The molecule has 6 heteroatoms. The van der Waals surface area contributed by atoms with E-state index in [1.54, 1.807) is 0 Å². The highest BCUT2D eigenvalue weighted by Gasteiger charge is 2.20. The summed E-state index contributed by atoms with van der Waals surface area (Å²) in [6.45, 7) is 12.1. The van der Waals surface area contributed by atoms with Gasteiger partial charge in [0.1, 0.15) is 5.82 Å². The second-order valence-electron chi connectivity index (χ2n) is 8.32. The lowest BCUT2D eigenvalue weighted by Crippen LogP contribution is -2.39. The molecule has 3 heterocycles. The van der Waals surface area contributed by atoms with E-state index in [2.05, 4.69) is 54.3 Å². The topological polar surface area (TPSA) is 54.7 Å². The summed E-state index contributed by atoms with van der Waals surface area (Å²) in [7, 11) is 0. The molecule has 4 rings (SSSR count). The monoisotopic (exact) mass is 379 g/mol. The molecule has 0 radical (unpaired) electrons. The minimum absolute atomic E-state index is 0.0411. The zero-order chi connectivity index (χ0) is 19.6. The van der Waals surface area contributed by atoms with Gasteiger partial charge in [0.15, 0.2) is 5.65 Å². The quantitative estimate of drug-likeness (QED) is 0.736. The molecule has 1 aliphatic rings. The highest BCUT2D eigenvalue weighted by atomic mass is 16.5. The Balaban J connectivity index is 1.65. The molecular formula is C22H29N5O. The Bertz CT molecular complexity index is 923. The van der Waals surface area contributed by atoms with Crippen LogP contribution in [0, 0.1) is 0 Å². The van der Waals surface area contributed by atoms with Crippen molar-refractivity contribution in [3.63, 3.8) is 0 Å². The van der Waals surface area contributed by atoms with E-state index in [4.69, 9.17) is 9.72 Å². The average molecular weight is 380 g/mol. The molecule has 0 aliphatic carbocycles. The molecule has 28 heavy (non-hydrogen) atoms. The van der Waals surface area contributed by atoms with Crippen LogP contribution in [0.15, 0.2) is 42.6 Å². The van der Waals surface area contributed by atoms with Gasteiger partial charge in [-0.05, 0) is 5.56 Å². The first-order chi connectivity index (χ1) is 13.5. The largest absolute Gasteiger partial charge is 0.379 e. The van der Waals surface area contributed by atoms with Gasteiger partial charge in [-0.15, -0.1) is 0 Å². The van der Waals surface area contributed by atoms with Gasteiger partial charge in [0.2, 0.25) is 0 Å². The standard InChI is InChI=1S/C22H29N5O/c1-22(2,3)19-15-20(23-9-10-26-11-13-28-14-12-26)27-21(25-19)18(16-24-27)17-7-5-4-6-8-17/h4-8,15-16,23H,9-14H2,1-3H3. The Labute approximate surface area is 166 Å². The van der Waals surface area contributed by atoms with Crippen molar-refractivity contribution in [1.29, 1.82) is 0 Å². The number of ether oxygens (including phenoxy) is 1. The molecule has 3 aromatic rings. The van der Waals surface area contributed by atoms with Crippen molar-refractivity contribution in [3.8, 4) is 11.1 Å². The minimum Gasteiger partial charge on any atom is -0.379 e. The predicted octanol–water partition coefficient (Wildman–Crippen LogP) is 3.44. The average Bonchev–Trinajstić information content (AvgIpc) is 3.13. The van der Waals surface area contributed by atoms with Crippen LogP contribution in [0.5, 0.6) is 0 Å². The van der Waals surface area contributed by atoms with Gasteiger partial charge in [0, 0.05) is 43.2 Å². The smallest absolute Gasteiger partial charge is 0.165 e. The van der Waals surface area contributed by atoms with Gasteiger partial charge in [-0.1, -0.05) is 51.1 Å². The highest BCUT2D eigenvalue weighted by molar-refractivity contribution is 5.78. The number of hydrogen-bond acceptors (Lipinski definition) is 5. The Morgan fingerprint density at radius 2 is 1.86 bits per heavy atom. The molecule has 0 amide bonds. The van der Waals surface area contributed by atoms with Crippen molar-refractivity contribution < 1.29 is 4.74 Å². The molecule has 148 valence electrons. The van der Waals surface area contributed by atoms with Crippen molar-refractivity contribution in [2.75, 3.05) is 44.7 Å². The van der Waals surface area contributed by atoms with E-state index in [0.717, 1.165) is 67.7 Å². The first-order valence-corrected chi connectivity index (χ1v) is 10.0. The number of nitrogens with one attached hydrogen (secondary N) is 1. The summed E-state index contributed by atoms with van der Waals surface area (Å²) in [5, 5.41) is 8.23. The molecule has 1 fully saturated rings. The fraction of sp³-hybridized carbons (Fsp3) is 0.455. The minimum atomic E-state index is -0.0411. The molecule has 6 nitrogen and oxygen atoms in total. The zero-order valence-corrected chi connectivity index (χ0v) is 17.0. The van der Waals surface area contributed by atoms with E-state index in [0.29, 0.717) is 0 Å². The van der Waals surface area contributed by atoms with E-state index in [1.807, 2.05) is 28.9 Å². The summed E-state index contributed by atoms with van der Waals surface area (Å²) in [6, 6.07) is 12.5. The Kier molecular flexibility index (Phi) is 5.33. The van der Waals surface area contributed by atoms with Gasteiger partial charge in [-0.2, -0.15) is 9.61 Å². The lowest BCUT2D eigenvalue weighted by Gasteiger charge is -2.26. The first kappa shape index (κ1) is 18.9. The third-order valence-electron chi connectivity index (χ3n) is 5.16. The van der Waals surface area contributed by atoms with Crippen LogP contribution in [0.3, 0.4) is 0 Å². The third-order valence-corrected chi connectivity index (χ3v) is 5.16. The third kappa shape index (κ3) is 4.03. The second-order valence-corrected chi connectivity index (χ2v) is 8.32. The van der Waals surface area contributed by atoms with E-state index < -0.39 is 0 Å². The maximum absolute atomic E-state index is 5.44. The molecule has 1 saturated heterocycles. The molecule has 0 bridgehead atoms. The van der Waals surface area contributed by atoms with Crippen LogP contribution in [0.1, 0.15) is 26.5 Å². The van der Waals surface area contributed by atoms with Gasteiger partial charge in [0.05, 0.1) is 25.1 Å².